The van der Waals surface area contributed by atoms with Gasteiger partial charge in [-0.3, -0.25) is 0 Å². The van der Waals surface area contributed by atoms with Crippen LogP contribution in [0.4, 0.5) is 0 Å². The first kappa shape index (κ1) is 21.1. The minimum atomic E-state index is -0.645. The molecule has 1 nitrogen and oxygen atoms in total. The predicted molar refractivity (Wildman–Crippen MR) is 103 cm³/mol. The van der Waals surface area contributed by atoms with E-state index in [4.69, 9.17) is 3.32 Å². The van der Waals surface area contributed by atoms with Crippen molar-refractivity contribution in [2.75, 3.05) is 7.11 Å². The maximum atomic E-state index is 5.74. The molecule has 0 heterocycles. The van der Waals surface area contributed by atoms with Crippen LogP contribution in [0.25, 0.3) is 21.9 Å². The summed E-state index contributed by atoms with van der Waals surface area (Å²) in [5.74, 6) is 0.293. The summed E-state index contributed by atoms with van der Waals surface area (Å²) in [7, 11) is 1.84. The minimum absolute atomic E-state index is 0. The second-order valence-corrected chi connectivity index (χ2v) is 8.40. The molecule has 28 heavy (non-hydrogen) atoms. The van der Waals surface area contributed by atoms with Gasteiger partial charge in [0.15, 0.2) is 0 Å². The van der Waals surface area contributed by atoms with Crippen LogP contribution < -0.4 is 28.7 Å². The first-order valence-electron chi connectivity index (χ1n) is 8.87. The van der Waals surface area contributed by atoms with Crippen molar-refractivity contribution in [2.24, 2.45) is 0 Å². The first-order valence-corrected chi connectivity index (χ1v) is 10.3. The van der Waals surface area contributed by atoms with Crippen LogP contribution in [0.2, 0.25) is 0 Å². The standard InChI is InChI=1S/C23H15.CH3O.2ClH.Ti/c1-2-8-17-15-18(14-13-16(17)7-1)23-21-11-5-3-9-19(21)20-10-4-6-12-22(20)23;1-2;;;/h1-14,23H;1H3;2*1H;/q;-1;;;+3/p-2. The molecule has 0 radical (unpaired) electrons. The zero-order valence-electron chi connectivity index (χ0n) is 15.3. The fraction of sp³-hybridized carbons (Fsp3) is 0.0833. The fourth-order valence-electron chi connectivity index (χ4n) is 4.24. The van der Waals surface area contributed by atoms with E-state index in [-0.39, 0.29) is 24.8 Å². The van der Waals surface area contributed by atoms with E-state index >= 15 is 0 Å². The van der Waals surface area contributed by atoms with Crippen LogP contribution in [0, 0.1) is 0 Å². The Balaban J connectivity index is 0.00000112. The summed E-state index contributed by atoms with van der Waals surface area (Å²) in [6.07, 6.45) is 0. The molecule has 0 spiro atoms. The molecule has 0 aromatic heterocycles. The normalized spacial score (nSPS) is 11.8. The maximum Gasteiger partial charge on any atom is -1.00 e. The largest absolute Gasteiger partial charge is 1.00 e. The summed E-state index contributed by atoms with van der Waals surface area (Å²) in [5.41, 5.74) is 6.96. The molecule has 1 aliphatic rings. The zero-order chi connectivity index (χ0) is 17.5. The number of halogens is 2. The molecule has 0 atom stereocenters. The molecule has 4 aromatic carbocycles. The monoisotopic (exact) mass is 440 g/mol. The Morgan fingerprint density at radius 3 is 1.86 bits per heavy atom. The van der Waals surface area contributed by atoms with Crippen LogP contribution in [0.1, 0.15) is 22.6 Å². The molecule has 5 rings (SSSR count). The Bertz CT molecular complexity index is 1080. The van der Waals surface area contributed by atoms with Gasteiger partial charge in [0.2, 0.25) is 0 Å². The van der Waals surface area contributed by atoms with Crippen molar-refractivity contribution in [3.05, 3.63) is 102 Å². The second-order valence-electron chi connectivity index (χ2n) is 6.66. The van der Waals surface area contributed by atoms with Crippen molar-refractivity contribution in [1.29, 1.82) is 0 Å². The Kier molecular flexibility index (Phi) is 6.65. The zero-order valence-corrected chi connectivity index (χ0v) is 18.4. The van der Waals surface area contributed by atoms with Gasteiger partial charge in [0, 0.05) is 0 Å². The number of hydrogen-bond acceptors (Lipinski definition) is 1. The van der Waals surface area contributed by atoms with Gasteiger partial charge in [0.1, 0.15) is 0 Å². The summed E-state index contributed by atoms with van der Waals surface area (Å²) >= 11 is -0.645. The molecule has 0 saturated heterocycles. The van der Waals surface area contributed by atoms with E-state index in [1.54, 1.807) is 0 Å². The Hall–Kier alpha value is -1.61. The Labute approximate surface area is 187 Å². The molecule has 138 valence electrons. The maximum absolute atomic E-state index is 5.74. The summed E-state index contributed by atoms with van der Waals surface area (Å²) in [6, 6.07) is 30.9. The molecule has 0 bridgehead atoms. The van der Waals surface area contributed by atoms with Gasteiger partial charge in [-0.2, -0.15) is 0 Å². The van der Waals surface area contributed by atoms with Gasteiger partial charge in [0.25, 0.3) is 0 Å². The molecule has 0 N–H and O–H groups in total. The molecule has 0 amide bonds. The van der Waals surface area contributed by atoms with E-state index in [1.807, 2.05) is 7.11 Å². The van der Waals surface area contributed by atoms with Crippen molar-refractivity contribution in [3.63, 3.8) is 0 Å². The average molecular weight is 441 g/mol. The van der Waals surface area contributed by atoms with Crippen molar-refractivity contribution >= 4 is 14.6 Å². The van der Waals surface area contributed by atoms with Crippen LogP contribution >= 0.6 is 0 Å². The Morgan fingerprint density at radius 2 is 1.21 bits per heavy atom. The Morgan fingerprint density at radius 1 is 0.643 bits per heavy atom. The molecular formula is C24H18Cl2OTi. The van der Waals surface area contributed by atoms with Crippen molar-refractivity contribution in [3.8, 4) is 11.1 Å². The summed E-state index contributed by atoms with van der Waals surface area (Å²) in [5, 5.41) is 2.64. The van der Waals surface area contributed by atoms with E-state index in [2.05, 4.69) is 84.9 Å². The van der Waals surface area contributed by atoms with Crippen molar-refractivity contribution < 1.29 is 47.7 Å². The molecule has 4 aromatic rings. The quantitative estimate of drug-likeness (QED) is 0.336. The molecular weight excluding hydrogens is 423 g/mol. The van der Waals surface area contributed by atoms with Crippen LogP contribution in [0.3, 0.4) is 0 Å². The van der Waals surface area contributed by atoms with Gasteiger partial charge in [-0.25, -0.2) is 0 Å². The molecule has 0 aliphatic heterocycles. The van der Waals surface area contributed by atoms with Crippen molar-refractivity contribution in [2.45, 2.75) is 5.92 Å². The van der Waals surface area contributed by atoms with E-state index < -0.39 is 19.5 Å². The van der Waals surface area contributed by atoms with Gasteiger partial charge < -0.3 is 24.8 Å². The third kappa shape index (κ3) is 3.32. The second kappa shape index (κ2) is 8.82. The van der Waals surface area contributed by atoms with Crippen molar-refractivity contribution in [1.82, 2.24) is 0 Å². The molecule has 4 heteroatoms. The summed E-state index contributed by atoms with van der Waals surface area (Å²) < 4.78 is 7.16. The minimum Gasteiger partial charge on any atom is -1.00 e. The first-order chi connectivity index (χ1) is 12.9. The number of benzene rings is 4. The van der Waals surface area contributed by atoms with Crippen LogP contribution in [-0.2, 0) is 22.9 Å². The van der Waals surface area contributed by atoms with Crippen LogP contribution in [0.15, 0.2) is 84.9 Å². The third-order valence-corrected chi connectivity index (χ3v) is 6.82. The number of fused-ring (bicyclic) bond motifs is 4. The van der Waals surface area contributed by atoms with Crippen LogP contribution in [0.5, 0.6) is 0 Å². The smallest absolute Gasteiger partial charge is 1.00 e. The van der Waals surface area contributed by atoms with Gasteiger partial charge in [-0.15, -0.1) is 0 Å². The molecule has 0 saturated carbocycles. The number of rotatable bonds is 3. The van der Waals surface area contributed by atoms with E-state index in [9.17, 15) is 0 Å². The van der Waals surface area contributed by atoms with E-state index in [0.29, 0.717) is 5.92 Å². The summed E-state index contributed by atoms with van der Waals surface area (Å²) in [6.45, 7) is 0. The predicted octanol–water partition coefficient (Wildman–Crippen LogP) is -0.722. The van der Waals surface area contributed by atoms with E-state index in [1.165, 1.54) is 42.5 Å². The average Bonchev–Trinajstić information content (AvgIpc) is 3.03. The third-order valence-electron chi connectivity index (χ3n) is 5.31. The van der Waals surface area contributed by atoms with Gasteiger partial charge in [0.05, 0.1) is 0 Å². The van der Waals surface area contributed by atoms with Crippen LogP contribution in [-0.4, -0.2) is 7.11 Å². The topological polar surface area (TPSA) is 9.23 Å². The van der Waals surface area contributed by atoms with Gasteiger partial charge in [-0.05, 0) is 0 Å². The molecule has 1 aliphatic carbocycles. The van der Waals surface area contributed by atoms with E-state index in [0.717, 1.165) is 0 Å². The summed E-state index contributed by atoms with van der Waals surface area (Å²) in [4.78, 5) is 0. The number of hydrogen-bond donors (Lipinski definition) is 0. The molecule has 0 fully saturated rings. The van der Waals surface area contributed by atoms with Gasteiger partial charge in [-0.1, -0.05) is 0 Å². The fourth-order valence-corrected chi connectivity index (χ4v) is 5.62. The van der Waals surface area contributed by atoms with Gasteiger partial charge >= 0.3 is 163 Å². The SMILES string of the molecule is C[O][Ti+2][c]1c(C2c3ccccc3-c3ccccc32)ccc2ccccc12.[Cl-].[Cl-]. The molecule has 0 unspecified atom stereocenters.